The van der Waals surface area contributed by atoms with Crippen LogP contribution in [0.3, 0.4) is 0 Å². The highest BCUT2D eigenvalue weighted by molar-refractivity contribution is 5.91. The van der Waals surface area contributed by atoms with Crippen LogP contribution in [0.2, 0.25) is 0 Å². The zero-order valence-corrected chi connectivity index (χ0v) is 14.3. The standard InChI is InChI=1S/C19H19F2N3O/c1-19(20,21)11-12-8-9-15-14(10-12)18(24(2)3)23-17(22-15)13-6-4-5-7-16(13)25/h4-10,25H,11H2,1-3H3. The van der Waals surface area contributed by atoms with Gasteiger partial charge in [-0.15, -0.1) is 0 Å². The van der Waals surface area contributed by atoms with Crippen molar-refractivity contribution in [2.45, 2.75) is 19.3 Å². The maximum absolute atomic E-state index is 13.3. The van der Waals surface area contributed by atoms with Crippen LogP contribution in [0.15, 0.2) is 42.5 Å². The van der Waals surface area contributed by atoms with Crippen LogP contribution in [-0.4, -0.2) is 35.1 Å². The van der Waals surface area contributed by atoms with Crippen LogP contribution in [0.1, 0.15) is 12.5 Å². The number of para-hydroxylation sites is 1. The molecule has 0 amide bonds. The van der Waals surface area contributed by atoms with Crippen LogP contribution in [0.5, 0.6) is 5.75 Å². The molecule has 1 aromatic heterocycles. The molecule has 6 heteroatoms. The van der Waals surface area contributed by atoms with Crippen molar-refractivity contribution in [3.63, 3.8) is 0 Å². The molecule has 0 aliphatic heterocycles. The third-order valence-corrected chi connectivity index (χ3v) is 3.82. The monoisotopic (exact) mass is 343 g/mol. The average Bonchev–Trinajstić information content (AvgIpc) is 2.52. The van der Waals surface area contributed by atoms with Crippen molar-refractivity contribution in [1.82, 2.24) is 9.97 Å². The summed E-state index contributed by atoms with van der Waals surface area (Å²) < 4.78 is 26.7. The summed E-state index contributed by atoms with van der Waals surface area (Å²) in [7, 11) is 3.66. The van der Waals surface area contributed by atoms with Crippen LogP contribution in [-0.2, 0) is 6.42 Å². The van der Waals surface area contributed by atoms with Gasteiger partial charge in [0.1, 0.15) is 11.6 Å². The molecule has 0 aliphatic carbocycles. The quantitative estimate of drug-likeness (QED) is 0.769. The van der Waals surface area contributed by atoms with Crippen LogP contribution in [0.4, 0.5) is 14.6 Å². The number of alkyl halides is 2. The number of fused-ring (bicyclic) bond motifs is 1. The summed E-state index contributed by atoms with van der Waals surface area (Å²) in [6.45, 7) is 0.905. The highest BCUT2D eigenvalue weighted by Gasteiger charge is 2.22. The van der Waals surface area contributed by atoms with Gasteiger partial charge in [0.2, 0.25) is 5.92 Å². The highest BCUT2D eigenvalue weighted by atomic mass is 19.3. The number of hydrogen-bond donors (Lipinski definition) is 1. The summed E-state index contributed by atoms with van der Waals surface area (Å²) in [4.78, 5) is 10.8. The number of aromatic nitrogens is 2. The van der Waals surface area contributed by atoms with E-state index in [0.29, 0.717) is 33.7 Å². The minimum atomic E-state index is -2.78. The van der Waals surface area contributed by atoms with Gasteiger partial charge >= 0.3 is 0 Å². The van der Waals surface area contributed by atoms with E-state index in [2.05, 4.69) is 9.97 Å². The zero-order chi connectivity index (χ0) is 18.2. The van der Waals surface area contributed by atoms with Gasteiger partial charge in [-0.25, -0.2) is 18.7 Å². The van der Waals surface area contributed by atoms with Crippen LogP contribution >= 0.6 is 0 Å². The number of phenols is 1. The molecule has 0 aliphatic rings. The second-order valence-electron chi connectivity index (χ2n) is 6.38. The summed E-state index contributed by atoms with van der Waals surface area (Å²) >= 11 is 0. The SMILES string of the molecule is CN(C)c1nc(-c2ccccc2O)nc2ccc(CC(C)(F)F)cc12. The molecule has 3 aromatic rings. The van der Waals surface area contributed by atoms with E-state index in [1.165, 1.54) is 0 Å². The van der Waals surface area contributed by atoms with Gasteiger partial charge < -0.3 is 10.0 Å². The molecule has 1 N–H and O–H groups in total. The number of hydrogen-bond acceptors (Lipinski definition) is 4. The summed E-state index contributed by atoms with van der Waals surface area (Å²) in [5, 5.41) is 10.8. The Balaban J connectivity index is 2.19. The summed E-state index contributed by atoms with van der Waals surface area (Å²) in [5.74, 6) is -1.68. The first-order chi connectivity index (χ1) is 11.7. The second kappa shape index (κ2) is 6.27. The van der Waals surface area contributed by atoms with E-state index < -0.39 is 5.92 Å². The molecule has 2 aromatic carbocycles. The lowest BCUT2D eigenvalue weighted by Crippen LogP contribution is -2.15. The van der Waals surface area contributed by atoms with Gasteiger partial charge in [-0.1, -0.05) is 18.2 Å². The van der Waals surface area contributed by atoms with Gasteiger partial charge in [-0.2, -0.15) is 0 Å². The van der Waals surface area contributed by atoms with E-state index in [1.54, 1.807) is 47.4 Å². The Morgan fingerprint density at radius 1 is 1.08 bits per heavy atom. The van der Waals surface area contributed by atoms with Crippen molar-refractivity contribution in [1.29, 1.82) is 0 Å². The lowest BCUT2D eigenvalue weighted by molar-refractivity contribution is 0.0226. The highest BCUT2D eigenvalue weighted by Crippen LogP contribution is 2.32. The van der Waals surface area contributed by atoms with Crippen molar-refractivity contribution in [2.75, 3.05) is 19.0 Å². The predicted molar refractivity (Wildman–Crippen MR) is 95.3 cm³/mol. The van der Waals surface area contributed by atoms with Crippen molar-refractivity contribution >= 4 is 16.7 Å². The number of halogens is 2. The fourth-order valence-corrected chi connectivity index (χ4v) is 2.75. The molecule has 0 spiro atoms. The topological polar surface area (TPSA) is 49.2 Å². The third kappa shape index (κ3) is 3.68. The fraction of sp³-hybridized carbons (Fsp3) is 0.263. The Labute approximate surface area is 144 Å². The summed E-state index contributed by atoms with van der Waals surface area (Å²) in [5.41, 5.74) is 1.69. The molecule has 0 unspecified atom stereocenters. The lowest BCUT2D eigenvalue weighted by atomic mass is 10.0. The Morgan fingerprint density at radius 2 is 1.80 bits per heavy atom. The Bertz CT molecular complexity index is 920. The molecule has 0 saturated carbocycles. The number of rotatable bonds is 4. The Hall–Kier alpha value is -2.76. The average molecular weight is 343 g/mol. The van der Waals surface area contributed by atoms with E-state index in [1.807, 2.05) is 14.1 Å². The molecule has 0 bridgehead atoms. The van der Waals surface area contributed by atoms with E-state index in [4.69, 9.17) is 0 Å². The van der Waals surface area contributed by atoms with Crippen molar-refractivity contribution < 1.29 is 13.9 Å². The van der Waals surface area contributed by atoms with Gasteiger partial charge in [0.15, 0.2) is 5.82 Å². The first-order valence-electron chi connectivity index (χ1n) is 7.89. The molecular weight excluding hydrogens is 324 g/mol. The number of phenolic OH excluding ortho intramolecular Hbond substituents is 1. The van der Waals surface area contributed by atoms with Gasteiger partial charge in [0.05, 0.1) is 11.1 Å². The molecule has 0 saturated heterocycles. The van der Waals surface area contributed by atoms with E-state index in [-0.39, 0.29) is 12.2 Å². The maximum atomic E-state index is 13.3. The summed E-state index contributed by atoms with van der Waals surface area (Å²) in [6.07, 6.45) is -0.336. The largest absolute Gasteiger partial charge is 0.507 e. The van der Waals surface area contributed by atoms with Crippen LogP contribution < -0.4 is 4.90 Å². The summed E-state index contributed by atoms with van der Waals surface area (Å²) in [6, 6.07) is 11.9. The van der Waals surface area contributed by atoms with E-state index >= 15 is 0 Å². The number of anilines is 1. The Kier molecular flexibility index (Phi) is 4.29. The molecule has 3 rings (SSSR count). The van der Waals surface area contributed by atoms with Crippen LogP contribution in [0, 0.1) is 0 Å². The van der Waals surface area contributed by atoms with Crippen molar-refractivity contribution in [3.8, 4) is 17.1 Å². The van der Waals surface area contributed by atoms with E-state index in [0.717, 1.165) is 6.92 Å². The van der Waals surface area contributed by atoms with E-state index in [9.17, 15) is 13.9 Å². The zero-order valence-electron chi connectivity index (χ0n) is 14.3. The Morgan fingerprint density at radius 3 is 2.44 bits per heavy atom. The smallest absolute Gasteiger partial charge is 0.249 e. The van der Waals surface area contributed by atoms with Gasteiger partial charge in [-0.05, 0) is 36.8 Å². The van der Waals surface area contributed by atoms with Crippen LogP contribution in [0.25, 0.3) is 22.3 Å². The van der Waals surface area contributed by atoms with Gasteiger partial charge in [0, 0.05) is 25.9 Å². The number of nitrogens with zero attached hydrogens (tertiary/aromatic N) is 3. The van der Waals surface area contributed by atoms with Gasteiger partial charge in [-0.3, -0.25) is 0 Å². The van der Waals surface area contributed by atoms with Crippen molar-refractivity contribution in [2.24, 2.45) is 0 Å². The molecule has 0 fully saturated rings. The molecular formula is C19H19F2N3O. The first-order valence-corrected chi connectivity index (χ1v) is 7.89. The molecule has 130 valence electrons. The number of benzene rings is 2. The lowest BCUT2D eigenvalue weighted by Gasteiger charge is -2.17. The van der Waals surface area contributed by atoms with Gasteiger partial charge in [0.25, 0.3) is 0 Å². The maximum Gasteiger partial charge on any atom is 0.249 e. The minimum absolute atomic E-state index is 0.0915. The molecule has 1 heterocycles. The minimum Gasteiger partial charge on any atom is -0.507 e. The number of aromatic hydroxyl groups is 1. The third-order valence-electron chi connectivity index (χ3n) is 3.82. The predicted octanol–water partition coefficient (Wildman–Crippen LogP) is 4.27. The molecule has 0 atom stereocenters. The molecule has 0 radical (unpaired) electrons. The second-order valence-corrected chi connectivity index (χ2v) is 6.38. The molecule has 25 heavy (non-hydrogen) atoms. The molecule has 4 nitrogen and oxygen atoms in total. The normalized spacial score (nSPS) is 11.7. The first kappa shape index (κ1) is 17.1. The fourth-order valence-electron chi connectivity index (χ4n) is 2.75. The van der Waals surface area contributed by atoms with Crippen molar-refractivity contribution in [3.05, 3.63) is 48.0 Å².